The average Bonchev–Trinajstić information content (AvgIpc) is 2.38. The van der Waals surface area contributed by atoms with Crippen molar-refractivity contribution in [3.05, 3.63) is 29.8 Å². The number of carbonyl (C=O) groups is 1. The van der Waals surface area contributed by atoms with E-state index in [0.29, 0.717) is 5.56 Å². The van der Waals surface area contributed by atoms with Crippen molar-refractivity contribution in [3.8, 4) is 5.75 Å². The Kier molecular flexibility index (Phi) is 4.12. The first kappa shape index (κ1) is 12.8. The first-order valence-corrected chi connectivity index (χ1v) is 6.01. The fraction of sp³-hybridized carbons (Fsp3) is 0.462. The van der Waals surface area contributed by atoms with Crippen molar-refractivity contribution in [1.82, 2.24) is 4.90 Å². The fourth-order valence-electron chi connectivity index (χ4n) is 2.08. The molecule has 0 aromatic heterocycles. The van der Waals surface area contributed by atoms with Gasteiger partial charge in [-0.05, 0) is 37.5 Å². The smallest absolute Gasteiger partial charge is 0.387 e. The summed E-state index contributed by atoms with van der Waals surface area (Å²) in [6.07, 6.45) is 3.14. The zero-order valence-corrected chi connectivity index (χ0v) is 9.94. The van der Waals surface area contributed by atoms with Gasteiger partial charge in [0.25, 0.3) is 5.91 Å². The largest absolute Gasteiger partial charge is 0.435 e. The summed E-state index contributed by atoms with van der Waals surface area (Å²) in [7, 11) is 0. The molecule has 1 aromatic carbocycles. The van der Waals surface area contributed by atoms with Crippen LogP contribution >= 0.6 is 0 Å². The van der Waals surface area contributed by atoms with E-state index < -0.39 is 6.61 Å². The molecule has 18 heavy (non-hydrogen) atoms. The van der Waals surface area contributed by atoms with E-state index in [1.165, 1.54) is 12.1 Å². The number of nitrogens with zero attached hydrogens (tertiary/aromatic N) is 1. The minimum absolute atomic E-state index is 0.0212. The molecule has 1 heterocycles. The molecule has 1 aliphatic heterocycles. The number of likely N-dealkylation sites (tertiary alicyclic amines) is 1. The van der Waals surface area contributed by atoms with Gasteiger partial charge < -0.3 is 9.64 Å². The van der Waals surface area contributed by atoms with Crippen molar-refractivity contribution in [2.45, 2.75) is 25.9 Å². The highest BCUT2D eigenvalue weighted by molar-refractivity contribution is 5.94. The second kappa shape index (κ2) is 5.80. The van der Waals surface area contributed by atoms with Gasteiger partial charge in [0.2, 0.25) is 0 Å². The van der Waals surface area contributed by atoms with Crippen molar-refractivity contribution in [1.29, 1.82) is 0 Å². The molecule has 1 fully saturated rings. The lowest BCUT2D eigenvalue weighted by Gasteiger charge is -2.26. The molecule has 98 valence electrons. The maximum absolute atomic E-state index is 12.1. The predicted molar refractivity (Wildman–Crippen MR) is 62.8 cm³/mol. The van der Waals surface area contributed by atoms with E-state index in [2.05, 4.69) is 4.74 Å². The van der Waals surface area contributed by atoms with Crippen LogP contribution < -0.4 is 4.74 Å². The summed E-state index contributed by atoms with van der Waals surface area (Å²) in [5, 5.41) is 0. The van der Waals surface area contributed by atoms with Crippen LogP contribution in [0.1, 0.15) is 29.6 Å². The highest BCUT2D eigenvalue weighted by Crippen LogP contribution is 2.19. The maximum atomic E-state index is 12.1. The number of ether oxygens (including phenoxy) is 1. The van der Waals surface area contributed by atoms with E-state index in [1.807, 2.05) is 0 Å². The van der Waals surface area contributed by atoms with Crippen molar-refractivity contribution < 1.29 is 18.3 Å². The van der Waals surface area contributed by atoms with Crippen molar-refractivity contribution in [2.75, 3.05) is 13.1 Å². The third-order valence-corrected chi connectivity index (χ3v) is 2.95. The van der Waals surface area contributed by atoms with Gasteiger partial charge in [0, 0.05) is 18.7 Å². The van der Waals surface area contributed by atoms with Crippen LogP contribution in [0.3, 0.4) is 0 Å². The minimum atomic E-state index is -2.87. The molecule has 1 amide bonds. The molecule has 0 saturated carbocycles. The predicted octanol–water partition coefficient (Wildman–Crippen LogP) is 2.91. The minimum Gasteiger partial charge on any atom is -0.435 e. The maximum Gasteiger partial charge on any atom is 0.387 e. The number of alkyl halides is 2. The van der Waals surface area contributed by atoms with Gasteiger partial charge in [0.1, 0.15) is 5.75 Å². The Bertz CT molecular complexity index is 417. The summed E-state index contributed by atoms with van der Waals surface area (Å²) >= 11 is 0. The van der Waals surface area contributed by atoms with Crippen LogP contribution in [0.15, 0.2) is 24.3 Å². The molecule has 2 rings (SSSR count). The zero-order valence-electron chi connectivity index (χ0n) is 9.94. The zero-order chi connectivity index (χ0) is 13.0. The van der Waals surface area contributed by atoms with E-state index in [1.54, 1.807) is 17.0 Å². The Labute approximate surface area is 104 Å². The van der Waals surface area contributed by atoms with Gasteiger partial charge in [-0.2, -0.15) is 8.78 Å². The first-order valence-electron chi connectivity index (χ1n) is 6.01. The highest BCUT2D eigenvalue weighted by Gasteiger charge is 2.18. The van der Waals surface area contributed by atoms with E-state index in [0.717, 1.165) is 32.4 Å². The third kappa shape index (κ3) is 3.18. The van der Waals surface area contributed by atoms with E-state index in [4.69, 9.17) is 0 Å². The fourth-order valence-corrected chi connectivity index (χ4v) is 2.08. The highest BCUT2D eigenvalue weighted by atomic mass is 19.3. The number of amides is 1. The molecule has 0 radical (unpaired) electrons. The normalized spacial score (nSPS) is 15.8. The first-order chi connectivity index (χ1) is 8.66. The molecule has 0 aliphatic carbocycles. The van der Waals surface area contributed by atoms with Crippen LogP contribution in [0.4, 0.5) is 8.78 Å². The molecule has 0 N–H and O–H groups in total. The van der Waals surface area contributed by atoms with Gasteiger partial charge in [0.15, 0.2) is 0 Å². The van der Waals surface area contributed by atoms with Crippen LogP contribution in [-0.4, -0.2) is 30.5 Å². The second-order valence-corrected chi connectivity index (χ2v) is 4.26. The second-order valence-electron chi connectivity index (χ2n) is 4.26. The topological polar surface area (TPSA) is 29.5 Å². The van der Waals surface area contributed by atoms with E-state index >= 15 is 0 Å². The molecule has 1 aliphatic rings. The standard InChI is InChI=1S/C13H15F2NO2/c14-13(15)18-11-6-4-5-10(9-11)12(17)16-7-2-1-3-8-16/h4-6,9,13H,1-3,7-8H2. The molecule has 0 atom stereocenters. The molecule has 0 spiro atoms. The molecule has 0 unspecified atom stereocenters. The van der Waals surface area contributed by atoms with Crippen molar-refractivity contribution >= 4 is 5.91 Å². The Morgan fingerprint density at radius 1 is 1.22 bits per heavy atom. The van der Waals surface area contributed by atoms with Gasteiger partial charge in [-0.1, -0.05) is 6.07 Å². The van der Waals surface area contributed by atoms with Crippen LogP contribution in [0, 0.1) is 0 Å². The molecular weight excluding hydrogens is 240 g/mol. The molecule has 0 bridgehead atoms. The Hall–Kier alpha value is -1.65. The number of carbonyl (C=O) groups excluding carboxylic acids is 1. The number of piperidine rings is 1. The number of benzene rings is 1. The summed E-state index contributed by atoms with van der Waals surface area (Å²) in [5.41, 5.74) is 0.398. The van der Waals surface area contributed by atoms with Gasteiger partial charge in [-0.3, -0.25) is 4.79 Å². The van der Waals surface area contributed by atoms with Gasteiger partial charge in [-0.25, -0.2) is 0 Å². The van der Waals surface area contributed by atoms with Gasteiger partial charge in [0.05, 0.1) is 0 Å². The molecular formula is C13H15F2NO2. The lowest BCUT2D eigenvalue weighted by atomic mass is 10.1. The Balaban J connectivity index is 2.09. The van der Waals surface area contributed by atoms with Gasteiger partial charge >= 0.3 is 6.61 Å². The van der Waals surface area contributed by atoms with Crippen molar-refractivity contribution in [3.63, 3.8) is 0 Å². The van der Waals surface area contributed by atoms with Crippen LogP contribution in [0.25, 0.3) is 0 Å². The molecule has 3 nitrogen and oxygen atoms in total. The Morgan fingerprint density at radius 2 is 1.94 bits per heavy atom. The van der Waals surface area contributed by atoms with Gasteiger partial charge in [-0.15, -0.1) is 0 Å². The number of rotatable bonds is 3. The van der Waals surface area contributed by atoms with Crippen LogP contribution in [0.2, 0.25) is 0 Å². The summed E-state index contributed by atoms with van der Waals surface area (Å²) in [5.74, 6) is -0.0951. The van der Waals surface area contributed by atoms with E-state index in [-0.39, 0.29) is 11.7 Å². The monoisotopic (exact) mass is 255 g/mol. The molecule has 5 heteroatoms. The Morgan fingerprint density at radius 3 is 2.61 bits per heavy atom. The lowest BCUT2D eigenvalue weighted by molar-refractivity contribution is -0.0499. The molecule has 1 aromatic rings. The van der Waals surface area contributed by atoms with Crippen molar-refractivity contribution in [2.24, 2.45) is 0 Å². The number of halogens is 2. The summed E-state index contributed by atoms with van der Waals surface area (Å²) in [6.45, 7) is -1.40. The SMILES string of the molecule is O=C(c1cccc(OC(F)F)c1)N1CCCCC1. The summed E-state index contributed by atoms with van der Waals surface area (Å²) in [6, 6.07) is 5.95. The molecule has 1 saturated heterocycles. The number of hydrogen-bond donors (Lipinski definition) is 0. The lowest BCUT2D eigenvalue weighted by Crippen LogP contribution is -2.35. The third-order valence-electron chi connectivity index (χ3n) is 2.95. The quantitative estimate of drug-likeness (QED) is 0.831. The average molecular weight is 255 g/mol. The van der Waals surface area contributed by atoms with E-state index in [9.17, 15) is 13.6 Å². The summed E-state index contributed by atoms with van der Waals surface area (Å²) in [4.78, 5) is 13.9. The summed E-state index contributed by atoms with van der Waals surface area (Å²) < 4.78 is 28.5. The van der Waals surface area contributed by atoms with Crippen LogP contribution in [-0.2, 0) is 0 Å². The van der Waals surface area contributed by atoms with Crippen LogP contribution in [0.5, 0.6) is 5.75 Å². The number of hydrogen-bond acceptors (Lipinski definition) is 2.